The van der Waals surface area contributed by atoms with Crippen LogP contribution in [0.2, 0.25) is 5.02 Å². The van der Waals surface area contributed by atoms with Gasteiger partial charge in [0.1, 0.15) is 18.6 Å². The smallest absolute Gasteiger partial charge is 0.322 e. The Kier molecular flexibility index (Phi) is 10.0. The van der Waals surface area contributed by atoms with E-state index in [4.69, 9.17) is 27.5 Å². The van der Waals surface area contributed by atoms with Gasteiger partial charge < -0.3 is 26.6 Å². The van der Waals surface area contributed by atoms with Gasteiger partial charge in [0.05, 0.1) is 9.95 Å². The minimum absolute atomic E-state index is 0.0673. The Bertz CT molecular complexity index is 837. The number of non-ortho nitro benzene ring substituents is 1. The number of hydrogen-bond acceptors (Lipinski definition) is 8. The van der Waals surface area contributed by atoms with Crippen LogP contribution in [0.5, 0.6) is 0 Å². The molecule has 2 amide bonds. The molecule has 0 aliphatic carbocycles. The Morgan fingerprint density at radius 3 is 2.47 bits per heavy atom. The van der Waals surface area contributed by atoms with Crippen molar-refractivity contribution in [2.75, 3.05) is 12.3 Å². The number of amides is 2. The minimum atomic E-state index is -1.29. The number of hydrogen-bond donors (Lipinski definition) is 5. The molecule has 0 aliphatic heterocycles. The van der Waals surface area contributed by atoms with E-state index >= 15 is 0 Å². The molecule has 0 spiro atoms. The van der Waals surface area contributed by atoms with Crippen LogP contribution >= 0.6 is 23.4 Å². The normalized spacial score (nSPS) is 12.5. The fourth-order valence-electron chi connectivity index (χ4n) is 2.04. The largest absolute Gasteiger partial charge is 0.480 e. The van der Waals surface area contributed by atoms with Crippen LogP contribution in [-0.2, 0) is 19.2 Å². The topological polar surface area (TPSA) is 202 Å². The molecule has 0 saturated heterocycles. The van der Waals surface area contributed by atoms with E-state index in [1.165, 1.54) is 12.1 Å². The maximum atomic E-state index is 12.2. The van der Waals surface area contributed by atoms with E-state index in [2.05, 4.69) is 10.6 Å². The van der Waals surface area contributed by atoms with Crippen molar-refractivity contribution < 1.29 is 34.3 Å². The number of nitrogens with one attached hydrogen (secondary N) is 2. The second kappa shape index (κ2) is 11.9. The van der Waals surface area contributed by atoms with Gasteiger partial charge in [0, 0.05) is 29.2 Å². The zero-order chi connectivity index (χ0) is 22.8. The number of nitrogens with two attached hydrogens (primary N) is 1. The lowest BCUT2D eigenvalue weighted by molar-refractivity contribution is -0.384. The van der Waals surface area contributed by atoms with Crippen LogP contribution in [0.1, 0.15) is 12.8 Å². The molecule has 0 heterocycles. The number of nitro benzene ring substituents is 1. The first-order valence-electron chi connectivity index (χ1n) is 8.35. The SMILES string of the molecule is N[C@@H](CCC(=O)N[C@@H](CSc1ccc([N+](=O)[O-])cc1Cl)C(=O)NCC(=O)O)C(=O)O. The lowest BCUT2D eigenvalue weighted by atomic mass is 10.1. The first kappa shape index (κ1) is 25.1. The number of aliphatic carboxylic acids is 2. The first-order valence-corrected chi connectivity index (χ1v) is 9.71. The van der Waals surface area contributed by atoms with Gasteiger partial charge in [-0.2, -0.15) is 0 Å². The van der Waals surface area contributed by atoms with Crippen molar-refractivity contribution in [2.24, 2.45) is 5.73 Å². The van der Waals surface area contributed by atoms with Gasteiger partial charge in [-0.15, -0.1) is 11.8 Å². The Morgan fingerprint density at radius 1 is 1.27 bits per heavy atom. The average molecular weight is 463 g/mol. The van der Waals surface area contributed by atoms with Crippen molar-refractivity contribution in [1.29, 1.82) is 0 Å². The summed E-state index contributed by atoms with van der Waals surface area (Å²) in [6.07, 6.45) is -0.426. The number of nitro groups is 1. The third-order valence-corrected chi connectivity index (χ3v) is 5.19. The average Bonchev–Trinajstić information content (AvgIpc) is 2.67. The molecule has 6 N–H and O–H groups in total. The quantitative estimate of drug-likeness (QED) is 0.162. The highest BCUT2D eigenvalue weighted by Crippen LogP contribution is 2.30. The zero-order valence-corrected chi connectivity index (χ0v) is 16.9. The molecule has 12 nitrogen and oxygen atoms in total. The lowest BCUT2D eigenvalue weighted by Crippen LogP contribution is -2.49. The third-order valence-electron chi connectivity index (χ3n) is 3.60. The van der Waals surface area contributed by atoms with Crippen LogP contribution < -0.4 is 16.4 Å². The van der Waals surface area contributed by atoms with E-state index in [-0.39, 0.29) is 29.3 Å². The van der Waals surface area contributed by atoms with Crippen LogP contribution in [-0.4, -0.2) is 63.3 Å². The number of carbonyl (C=O) groups is 4. The predicted molar refractivity (Wildman–Crippen MR) is 106 cm³/mol. The summed E-state index contributed by atoms with van der Waals surface area (Å²) in [4.78, 5) is 56.2. The highest BCUT2D eigenvalue weighted by molar-refractivity contribution is 7.99. The second-order valence-electron chi connectivity index (χ2n) is 5.90. The first-order chi connectivity index (χ1) is 14.0. The van der Waals surface area contributed by atoms with Gasteiger partial charge >= 0.3 is 11.9 Å². The molecule has 0 unspecified atom stereocenters. The monoisotopic (exact) mass is 462 g/mol. The Balaban J connectivity index is 2.81. The maximum absolute atomic E-state index is 12.2. The number of rotatable bonds is 12. The third kappa shape index (κ3) is 8.63. The number of carboxylic acids is 2. The van der Waals surface area contributed by atoms with Gasteiger partial charge in [0.25, 0.3) is 5.69 Å². The van der Waals surface area contributed by atoms with Gasteiger partial charge in [0.2, 0.25) is 11.8 Å². The Hall–Kier alpha value is -2.90. The molecule has 1 aromatic carbocycles. The van der Waals surface area contributed by atoms with E-state index in [1.54, 1.807) is 0 Å². The molecular weight excluding hydrogens is 444 g/mol. The molecule has 0 bridgehead atoms. The van der Waals surface area contributed by atoms with Gasteiger partial charge in [-0.25, -0.2) is 0 Å². The summed E-state index contributed by atoms with van der Waals surface area (Å²) >= 11 is 7.01. The molecule has 1 rings (SSSR count). The van der Waals surface area contributed by atoms with Crippen molar-refractivity contribution in [3.05, 3.63) is 33.3 Å². The Labute approximate surface area is 179 Å². The number of carbonyl (C=O) groups excluding carboxylic acids is 2. The summed E-state index contributed by atoms with van der Waals surface area (Å²) in [6.45, 7) is -0.669. The molecule has 164 valence electrons. The highest BCUT2D eigenvalue weighted by atomic mass is 35.5. The van der Waals surface area contributed by atoms with E-state index in [0.29, 0.717) is 4.90 Å². The maximum Gasteiger partial charge on any atom is 0.322 e. The van der Waals surface area contributed by atoms with Crippen molar-refractivity contribution >= 4 is 52.8 Å². The van der Waals surface area contributed by atoms with Crippen LogP contribution in [0.15, 0.2) is 23.1 Å². The standard InChI is InChI=1S/C16H19ClN4O8S/c17-9-5-8(21(28)29)1-3-12(9)30-7-11(15(25)19-6-14(23)24)20-13(22)4-2-10(18)16(26)27/h1,3,5,10-11H,2,4,6-7,18H2,(H,19,25)(H,20,22)(H,23,24)(H,26,27)/t10-,11-/m0/s1. The van der Waals surface area contributed by atoms with Gasteiger partial charge in [-0.05, 0) is 12.5 Å². The van der Waals surface area contributed by atoms with Crippen LogP contribution in [0.4, 0.5) is 5.69 Å². The summed E-state index contributed by atoms with van der Waals surface area (Å²) in [7, 11) is 0. The molecular formula is C16H19ClN4O8S. The molecule has 2 atom stereocenters. The summed E-state index contributed by atoms with van der Waals surface area (Å²) in [5, 5.41) is 32.8. The summed E-state index contributed by atoms with van der Waals surface area (Å²) < 4.78 is 0. The van der Waals surface area contributed by atoms with Crippen LogP contribution in [0.3, 0.4) is 0 Å². The number of benzene rings is 1. The fourth-order valence-corrected chi connectivity index (χ4v) is 3.32. The Morgan fingerprint density at radius 2 is 1.93 bits per heavy atom. The molecule has 0 aromatic heterocycles. The zero-order valence-electron chi connectivity index (χ0n) is 15.4. The molecule has 0 saturated carbocycles. The number of thioether (sulfide) groups is 1. The summed E-state index contributed by atoms with van der Waals surface area (Å²) in [6, 6.07) is 1.32. The lowest BCUT2D eigenvalue weighted by Gasteiger charge is -2.18. The molecule has 0 radical (unpaired) electrons. The van der Waals surface area contributed by atoms with E-state index < -0.39 is 47.3 Å². The van der Waals surface area contributed by atoms with E-state index in [9.17, 15) is 29.3 Å². The molecule has 0 aliphatic rings. The van der Waals surface area contributed by atoms with E-state index in [1.807, 2.05) is 0 Å². The van der Waals surface area contributed by atoms with Crippen molar-refractivity contribution in [3.63, 3.8) is 0 Å². The number of nitrogens with zero attached hydrogens (tertiary/aromatic N) is 1. The van der Waals surface area contributed by atoms with E-state index in [0.717, 1.165) is 17.8 Å². The summed E-state index contributed by atoms with van der Waals surface area (Å²) in [5.41, 5.74) is 5.11. The molecule has 14 heteroatoms. The predicted octanol–water partition coefficient (Wildman–Crippen LogP) is 0.218. The highest BCUT2D eigenvalue weighted by Gasteiger charge is 2.23. The second-order valence-corrected chi connectivity index (χ2v) is 7.37. The number of carboxylic acid groups (broad SMARTS) is 2. The van der Waals surface area contributed by atoms with Crippen molar-refractivity contribution in [2.45, 2.75) is 29.8 Å². The molecule has 1 aromatic rings. The van der Waals surface area contributed by atoms with Crippen molar-refractivity contribution in [3.8, 4) is 0 Å². The molecule has 0 fully saturated rings. The number of halogens is 1. The van der Waals surface area contributed by atoms with Crippen molar-refractivity contribution in [1.82, 2.24) is 10.6 Å². The van der Waals surface area contributed by atoms with Crippen LogP contribution in [0.25, 0.3) is 0 Å². The van der Waals surface area contributed by atoms with Gasteiger partial charge in [0.15, 0.2) is 0 Å². The fraction of sp³-hybridized carbons (Fsp3) is 0.375. The van der Waals surface area contributed by atoms with Gasteiger partial charge in [-0.3, -0.25) is 29.3 Å². The van der Waals surface area contributed by atoms with Crippen LogP contribution in [0, 0.1) is 10.1 Å². The van der Waals surface area contributed by atoms with Gasteiger partial charge in [-0.1, -0.05) is 11.6 Å². The minimum Gasteiger partial charge on any atom is -0.480 e. The summed E-state index contributed by atoms with van der Waals surface area (Å²) in [5.74, 6) is -4.06. The molecule has 30 heavy (non-hydrogen) atoms.